The molecule has 1 rings (SSSR count). The van der Waals surface area contributed by atoms with E-state index < -0.39 is 15.9 Å². The van der Waals surface area contributed by atoms with Crippen LogP contribution in [-0.2, 0) is 18.5 Å². The van der Waals surface area contributed by atoms with Gasteiger partial charge in [0.15, 0.2) is 0 Å². The fourth-order valence-electron chi connectivity index (χ4n) is 1.83. The van der Waals surface area contributed by atoms with Crippen molar-refractivity contribution in [3.63, 3.8) is 0 Å². The van der Waals surface area contributed by atoms with Crippen molar-refractivity contribution in [3.05, 3.63) is 29.8 Å². The third-order valence-corrected chi connectivity index (χ3v) is 11.0. The summed E-state index contributed by atoms with van der Waals surface area (Å²) in [5.74, 6) is 0. The van der Waals surface area contributed by atoms with E-state index in [9.17, 15) is 13.3 Å². The van der Waals surface area contributed by atoms with E-state index in [0.29, 0.717) is 5.56 Å². The van der Waals surface area contributed by atoms with Gasteiger partial charge in [-0.3, -0.25) is 0 Å². The van der Waals surface area contributed by atoms with Crippen LogP contribution in [0.1, 0.15) is 19.4 Å². The molecule has 1 aromatic rings. The molecule has 0 aliphatic rings. The van der Waals surface area contributed by atoms with Crippen molar-refractivity contribution in [1.29, 1.82) is 0 Å². The van der Waals surface area contributed by atoms with E-state index in [1.54, 1.807) is 39.0 Å². The molecular weight excluding hydrogens is 287 g/mol. The quantitative estimate of drug-likeness (QED) is 0.818. The van der Waals surface area contributed by atoms with Crippen LogP contribution in [0.4, 0.5) is 0 Å². The van der Waals surface area contributed by atoms with Crippen LogP contribution in [0.25, 0.3) is 0 Å². The minimum atomic E-state index is -4.76. The molecule has 0 aliphatic carbocycles. The Morgan fingerprint density at radius 1 is 1.16 bits per heavy atom. The first-order chi connectivity index (χ1) is 8.68. The zero-order valence-corrected chi connectivity index (χ0v) is 13.4. The summed E-state index contributed by atoms with van der Waals surface area (Å²) in [6.07, 6.45) is 0. The summed E-state index contributed by atoms with van der Waals surface area (Å²) >= 11 is 0. The van der Waals surface area contributed by atoms with Gasteiger partial charge in [0.2, 0.25) is 0 Å². The monoisotopic (exact) mass is 308 g/mol. The van der Waals surface area contributed by atoms with Gasteiger partial charge >= 0.3 is 114 Å². The Morgan fingerprint density at radius 2 is 1.63 bits per heavy atom. The molecule has 0 aliphatic heterocycles. The van der Waals surface area contributed by atoms with Crippen LogP contribution >= 0.6 is 6.49 Å². The van der Waals surface area contributed by atoms with E-state index >= 15 is 0 Å². The van der Waals surface area contributed by atoms with Crippen molar-refractivity contribution in [2.45, 2.75) is 25.7 Å². The molecule has 0 amide bonds. The Balaban J connectivity index is 3.50. The van der Waals surface area contributed by atoms with E-state index in [0.717, 1.165) is 6.66 Å². The average molecular weight is 308 g/mol. The second-order valence-electron chi connectivity index (χ2n) is 4.29. The number of aryl methyl sites for hydroxylation is 1. The fraction of sp³-hybridized carbons (Fsp3) is 0.500. The van der Waals surface area contributed by atoms with Crippen LogP contribution in [0.15, 0.2) is 29.2 Å². The fourth-order valence-corrected chi connectivity index (χ4v) is 7.94. The molecule has 0 radical (unpaired) electrons. The topological polar surface area (TPSA) is 72.8 Å². The molecule has 0 unspecified atom stereocenters. The van der Waals surface area contributed by atoms with Crippen molar-refractivity contribution in [3.8, 4) is 0 Å². The second kappa shape index (κ2) is 5.46. The van der Waals surface area contributed by atoms with Crippen LogP contribution in [0.5, 0.6) is 0 Å². The molecular formula is C12H21O5PS. The third kappa shape index (κ3) is 2.83. The SMILES string of the molecule is CCOP(C)(O)(OCC)S(=O)(=O)c1ccccc1C. The molecule has 5 nitrogen and oxygen atoms in total. The predicted octanol–water partition coefficient (Wildman–Crippen LogP) is 2.68. The van der Waals surface area contributed by atoms with Gasteiger partial charge < -0.3 is 0 Å². The first-order valence-electron chi connectivity index (χ1n) is 6.05. The van der Waals surface area contributed by atoms with Gasteiger partial charge in [-0.15, -0.1) is 0 Å². The van der Waals surface area contributed by atoms with Crippen LogP contribution in [0.2, 0.25) is 0 Å². The molecule has 0 saturated heterocycles. The normalized spacial score (nSPS) is 14.9. The zero-order valence-electron chi connectivity index (χ0n) is 11.7. The Morgan fingerprint density at radius 3 is 2.05 bits per heavy atom. The van der Waals surface area contributed by atoms with Gasteiger partial charge in [-0.2, -0.15) is 0 Å². The number of benzene rings is 1. The van der Waals surface area contributed by atoms with Gasteiger partial charge in [0.05, 0.1) is 0 Å². The molecule has 19 heavy (non-hydrogen) atoms. The predicted molar refractivity (Wildman–Crippen MR) is 76.7 cm³/mol. The molecule has 0 spiro atoms. The summed E-state index contributed by atoms with van der Waals surface area (Å²) in [6, 6.07) is 6.46. The summed E-state index contributed by atoms with van der Waals surface area (Å²) in [6.45, 7) is 1.40. The molecule has 1 N–H and O–H groups in total. The first-order valence-corrected chi connectivity index (χ1v) is 10.6. The summed E-state index contributed by atoms with van der Waals surface area (Å²) in [5, 5.41) is 0. The number of hydrogen-bond acceptors (Lipinski definition) is 5. The Labute approximate surface area is 114 Å². The third-order valence-electron chi connectivity index (χ3n) is 2.76. The van der Waals surface area contributed by atoms with Crippen molar-refractivity contribution < 1.29 is 22.4 Å². The van der Waals surface area contributed by atoms with Crippen molar-refractivity contribution in [2.75, 3.05) is 19.9 Å². The number of rotatable bonds is 6. The average Bonchev–Trinajstić information content (AvgIpc) is 2.29. The Kier molecular flexibility index (Phi) is 4.75. The second-order valence-corrected chi connectivity index (χ2v) is 12.6. The van der Waals surface area contributed by atoms with Gasteiger partial charge in [-0.05, 0) is 0 Å². The summed E-state index contributed by atoms with van der Waals surface area (Å²) < 4.78 is 35.9. The molecule has 7 heteroatoms. The molecule has 1 aromatic carbocycles. The molecule has 0 bridgehead atoms. The van der Waals surface area contributed by atoms with Crippen molar-refractivity contribution in [2.24, 2.45) is 0 Å². The van der Waals surface area contributed by atoms with Gasteiger partial charge in [-0.1, -0.05) is 0 Å². The molecule has 0 saturated carbocycles. The first kappa shape index (κ1) is 16.5. The van der Waals surface area contributed by atoms with Crippen LogP contribution in [0.3, 0.4) is 0 Å². The van der Waals surface area contributed by atoms with Crippen LogP contribution < -0.4 is 0 Å². The summed E-state index contributed by atoms with van der Waals surface area (Å²) in [5.41, 5.74) is 0.548. The summed E-state index contributed by atoms with van der Waals surface area (Å²) in [4.78, 5) is 10.7. The number of hydrogen-bond donors (Lipinski definition) is 1. The Bertz CT molecular complexity index is 543. The van der Waals surface area contributed by atoms with Gasteiger partial charge in [0, 0.05) is 0 Å². The van der Waals surface area contributed by atoms with E-state index in [1.165, 1.54) is 6.07 Å². The molecule has 110 valence electrons. The van der Waals surface area contributed by atoms with Gasteiger partial charge in [-0.25, -0.2) is 0 Å². The molecule has 0 heterocycles. The maximum absolute atomic E-state index is 12.7. The standard InChI is InChI=1S/C12H21O5PS/c1-5-16-18(4,13,17-6-2)19(14,15)12-10-8-7-9-11(12)3/h7-10,13H,5-6H2,1-4H3. The van der Waals surface area contributed by atoms with E-state index in [-0.39, 0.29) is 18.1 Å². The zero-order chi connectivity index (χ0) is 14.8. The maximum atomic E-state index is 12.7. The van der Waals surface area contributed by atoms with Crippen molar-refractivity contribution >= 4 is 15.9 Å². The van der Waals surface area contributed by atoms with E-state index in [2.05, 4.69) is 0 Å². The van der Waals surface area contributed by atoms with Crippen LogP contribution in [-0.4, -0.2) is 33.2 Å². The molecule has 0 aromatic heterocycles. The molecule has 0 atom stereocenters. The minimum absolute atomic E-state index is 0.0413. The van der Waals surface area contributed by atoms with E-state index in [4.69, 9.17) is 9.05 Å². The van der Waals surface area contributed by atoms with Gasteiger partial charge in [0.1, 0.15) is 0 Å². The molecule has 0 fully saturated rings. The van der Waals surface area contributed by atoms with E-state index in [1.807, 2.05) is 0 Å². The van der Waals surface area contributed by atoms with Crippen molar-refractivity contribution in [1.82, 2.24) is 0 Å². The Hall–Kier alpha value is -0.520. The van der Waals surface area contributed by atoms with Crippen LogP contribution in [0, 0.1) is 6.92 Å². The van der Waals surface area contributed by atoms with Gasteiger partial charge in [0.25, 0.3) is 0 Å². The summed E-state index contributed by atoms with van der Waals surface area (Å²) in [7, 11) is -4.11.